The topological polar surface area (TPSA) is 37.3 Å². The van der Waals surface area contributed by atoms with E-state index in [4.69, 9.17) is 0 Å². The number of carbonyl (C=O) groups excluding carboxylic acids is 1. The van der Waals surface area contributed by atoms with Crippen LogP contribution in [0, 0.1) is 0 Å². The normalized spacial score (nSPS) is 11.2. The van der Waals surface area contributed by atoms with Gasteiger partial charge in [0.25, 0.3) is 0 Å². The van der Waals surface area contributed by atoms with Crippen molar-refractivity contribution in [2.24, 2.45) is 0 Å². The van der Waals surface area contributed by atoms with Crippen LogP contribution in [0.15, 0.2) is 115 Å². The molecule has 0 aromatic heterocycles. The first-order valence-corrected chi connectivity index (χ1v) is 11.5. The van der Waals surface area contributed by atoms with E-state index >= 15 is 0 Å². The fourth-order valence-electron chi connectivity index (χ4n) is 3.75. The van der Waals surface area contributed by atoms with Crippen molar-refractivity contribution in [1.29, 1.82) is 0 Å². The summed E-state index contributed by atoms with van der Waals surface area (Å²) in [4.78, 5) is 13.4. The monoisotopic (exact) mass is 397 g/mol. The molecule has 3 heteroatoms. The van der Waals surface area contributed by atoms with E-state index < -0.39 is 7.26 Å². The number of ketones is 1. The highest BCUT2D eigenvalue weighted by Gasteiger charge is 2.47. The second kappa shape index (κ2) is 8.43. The lowest BCUT2D eigenvalue weighted by Crippen LogP contribution is -2.35. The van der Waals surface area contributed by atoms with Crippen LogP contribution >= 0.6 is 7.26 Å². The van der Waals surface area contributed by atoms with E-state index in [2.05, 4.69) is 36.4 Å². The first kappa shape index (κ1) is 19.1. The number of carbonyl (C=O) groups is 1. The molecule has 142 valence electrons. The second-order valence-electron chi connectivity index (χ2n) is 6.95. The van der Waals surface area contributed by atoms with Crippen LogP contribution in [0.1, 0.15) is 10.4 Å². The molecule has 0 spiro atoms. The highest BCUT2D eigenvalue weighted by Crippen LogP contribution is 2.55. The Morgan fingerprint density at radius 1 is 0.621 bits per heavy atom. The van der Waals surface area contributed by atoms with Crippen molar-refractivity contribution in [3.8, 4) is 5.75 Å². The minimum Gasteiger partial charge on any atom is -0.508 e. The molecule has 4 rings (SSSR count). The van der Waals surface area contributed by atoms with Gasteiger partial charge in [0.1, 0.15) is 35.1 Å². The molecule has 4 aromatic carbocycles. The summed E-state index contributed by atoms with van der Waals surface area (Å²) in [5.41, 5.74) is 0.539. The van der Waals surface area contributed by atoms with Gasteiger partial charge in [-0.25, -0.2) is 0 Å². The van der Waals surface area contributed by atoms with Gasteiger partial charge in [0.15, 0.2) is 0 Å². The first-order valence-electron chi connectivity index (χ1n) is 9.57. The van der Waals surface area contributed by atoms with Crippen molar-refractivity contribution in [2.45, 2.75) is 0 Å². The van der Waals surface area contributed by atoms with Gasteiger partial charge in [-0.3, -0.25) is 4.79 Å². The van der Waals surface area contributed by atoms with Gasteiger partial charge in [0.05, 0.1) is 0 Å². The zero-order valence-corrected chi connectivity index (χ0v) is 16.9. The summed E-state index contributed by atoms with van der Waals surface area (Å²) in [5.74, 6) is 0.143. The van der Waals surface area contributed by atoms with Crippen LogP contribution in [-0.2, 0) is 0 Å². The number of benzene rings is 4. The zero-order valence-electron chi connectivity index (χ0n) is 16.0. The molecule has 1 N–H and O–H groups in total. The van der Waals surface area contributed by atoms with Gasteiger partial charge in [0.2, 0.25) is 5.78 Å². The maximum absolute atomic E-state index is 13.4. The molecule has 0 aliphatic heterocycles. The van der Waals surface area contributed by atoms with E-state index in [0.29, 0.717) is 11.7 Å². The summed E-state index contributed by atoms with van der Waals surface area (Å²) >= 11 is 0. The lowest BCUT2D eigenvalue weighted by Gasteiger charge is -2.27. The molecule has 0 atom stereocenters. The standard InChI is InChI=1S/C26H21O2P/c27-22-12-10-11-21(19-22)26(28)20-29(23-13-4-1-5-14-23,24-15-6-2-7-16-24)25-17-8-3-9-18-25/h1-19H,20H2/p+1. The quantitative estimate of drug-likeness (QED) is 0.382. The molecule has 2 nitrogen and oxygen atoms in total. The van der Waals surface area contributed by atoms with Gasteiger partial charge >= 0.3 is 0 Å². The van der Waals surface area contributed by atoms with E-state index in [0.717, 1.165) is 0 Å². The number of rotatable bonds is 6. The largest absolute Gasteiger partial charge is 0.508 e. The molecule has 29 heavy (non-hydrogen) atoms. The third kappa shape index (κ3) is 3.85. The van der Waals surface area contributed by atoms with Gasteiger partial charge in [-0.05, 0) is 48.5 Å². The maximum atomic E-state index is 13.4. The highest BCUT2D eigenvalue weighted by molar-refractivity contribution is 7.96. The Morgan fingerprint density at radius 2 is 1.07 bits per heavy atom. The van der Waals surface area contributed by atoms with Crippen LogP contribution in [0.2, 0.25) is 0 Å². The SMILES string of the molecule is O=C(C[P+](c1ccccc1)(c1ccccc1)c1ccccc1)c1cccc(O)c1. The molecule has 0 saturated carbocycles. The number of aromatic hydroxyl groups is 1. The van der Waals surface area contributed by atoms with E-state index in [9.17, 15) is 9.90 Å². The third-order valence-electron chi connectivity index (χ3n) is 5.14. The van der Waals surface area contributed by atoms with Crippen molar-refractivity contribution in [3.05, 3.63) is 121 Å². The Hall–Kier alpha value is -3.22. The molecule has 4 aromatic rings. The fraction of sp³-hybridized carbons (Fsp3) is 0.0385. The highest BCUT2D eigenvalue weighted by atomic mass is 31.2. The van der Waals surface area contributed by atoms with E-state index in [-0.39, 0.29) is 11.5 Å². The minimum absolute atomic E-state index is 0.0331. The first-order chi connectivity index (χ1) is 14.2. The summed E-state index contributed by atoms with van der Waals surface area (Å²) in [6.07, 6.45) is 0.370. The van der Waals surface area contributed by atoms with E-state index in [1.807, 2.05) is 54.6 Å². The fourth-order valence-corrected chi connectivity index (χ4v) is 7.85. The number of phenols is 1. The predicted molar refractivity (Wildman–Crippen MR) is 122 cm³/mol. The Morgan fingerprint density at radius 3 is 1.48 bits per heavy atom. The summed E-state index contributed by atoms with van der Waals surface area (Å²) in [5, 5.41) is 13.4. The smallest absolute Gasteiger partial charge is 0.201 e. The van der Waals surface area contributed by atoms with Gasteiger partial charge in [-0.15, -0.1) is 0 Å². The van der Waals surface area contributed by atoms with Crippen LogP contribution in [-0.4, -0.2) is 17.1 Å². The predicted octanol–water partition coefficient (Wildman–Crippen LogP) is 4.57. The van der Waals surface area contributed by atoms with Gasteiger partial charge in [-0.1, -0.05) is 66.7 Å². The molecule has 0 saturated heterocycles. The van der Waals surface area contributed by atoms with E-state index in [1.54, 1.807) is 24.3 Å². The van der Waals surface area contributed by atoms with Crippen molar-refractivity contribution >= 4 is 29.0 Å². The molecule has 0 fully saturated rings. The molecular weight excluding hydrogens is 375 g/mol. The molecule has 0 radical (unpaired) electrons. The Balaban J connectivity index is 1.94. The van der Waals surface area contributed by atoms with Crippen LogP contribution in [0.25, 0.3) is 0 Å². The number of hydrogen-bond donors (Lipinski definition) is 1. The Kier molecular flexibility index (Phi) is 5.55. The second-order valence-corrected chi connectivity index (χ2v) is 10.4. The Bertz CT molecular complexity index is 996. The summed E-state index contributed by atoms with van der Waals surface area (Å²) < 4.78 is 0. The van der Waals surface area contributed by atoms with Gasteiger partial charge in [-0.2, -0.15) is 0 Å². The van der Waals surface area contributed by atoms with Crippen LogP contribution in [0.3, 0.4) is 0 Å². The molecule has 0 bridgehead atoms. The molecule has 0 unspecified atom stereocenters. The Labute approximate surface area is 171 Å². The zero-order chi connectivity index (χ0) is 20.1. The number of Topliss-reactive ketones (excluding diaryl/α,β-unsaturated/α-hetero) is 1. The molecule has 0 aliphatic carbocycles. The van der Waals surface area contributed by atoms with Crippen LogP contribution < -0.4 is 15.9 Å². The molecular formula is C26H22O2P+. The average Bonchev–Trinajstić information content (AvgIpc) is 2.79. The lowest BCUT2D eigenvalue weighted by molar-refractivity contribution is 0.102. The summed E-state index contributed by atoms with van der Waals surface area (Å²) in [7, 11) is -2.22. The van der Waals surface area contributed by atoms with Gasteiger partial charge in [0, 0.05) is 5.56 Å². The third-order valence-corrected chi connectivity index (χ3v) is 9.44. The van der Waals surface area contributed by atoms with Gasteiger partial charge < -0.3 is 5.11 Å². The van der Waals surface area contributed by atoms with Crippen molar-refractivity contribution < 1.29 is 9.90 Å². The molecule has 0 heterocycles. The van der Waals surface area contributed by atoms with Crippen LogP contribution in [0.4, 0.5) is 0 Å². The van der Waals surface area contributed by atoms with E-state index in [1.165, 1.54) is 15.9 Å². The summed E-state index contributed by atoms with van der Waals surface area (Å²) in [6.45, 7) is 0. The van der Waals surface area contributed by atoms with Crippen molar-refractivity contribution in [1.82, 2.24) is 0 Å². The lowest BCUT2D eigenvalue weighted by atomic mass is 10.1. The minimum atomic E-state index is -2.22. The average molecular weight is 397 g/mol. The van der Waals surface area contributed by atoms with Crippen LogP contribution in [0.5, 0.6) is 5.75 Å². The maximum Gasteiger partial charge on any atom is 0.201 e. The summed E-state index contributed by atoms with van der Waals surface area (Å²) in [6, 6.07) is 37.6. The molecule has 0 amide bonds. The van der Waals surface area contributed by atoms with Crippen molar-refractivity contribution in [3.63, 3.8) is 0 Å². The number of phenolic OH excluding ortho intramolecular Hbond substituents is 1. The molecule has 0 aliphatic rings. The number of hydrogen-bond acceptors (Lipinski definition) is 2. The van der Waals surface area contributed by atoms with Crippen molar-refractivity contribution in [2.75, 3.05) is 6.16 Å².